The molecule has 2 aromatic rings. The van der Waals surface area contributed by atoms with Crippen LogP contribution in [0.2, 0.25) is 0 Å². The lowest BCUT2D eigenvalue weighted by Crippen LogP contribution is -2.06. The third-order valence-electron chi connectivity index (χ3n) is 2.24. The molecule has 9 heteroatoms. The third kappa shape index (κ3) is 2.23. The zero-order valence-electron chi connectivity index (χ0n) is 9.04. The minimum absolute atomic E-state index is 0.00190. The fraction of sp³-hybridized carbons (Fsp3) is 0. The van der Waals surface area contributed by atoms with Crippen molar-refractivity contribution in [2.24, 2.45) is 0 Å². The van der Waals surface area contributed by atoms with Gasteiger partial charge < -0.3 is 4.59 Å². The number of halogens is 1. The first kappa shape index (κ1) is 11.8. The molecule has 0 spiro atoms. The molecule has 0 radical (unpaired) electrons. The van der Waals surface area contributed by atoms with Crippen LogP contribution in [0.1, 0.15) is 0 Å². The first-order chi connectivity index (χ1) is 8.04. The molecule has 0 aliphatic heterocycles. The van der Waals surface area contributed by atoms with Gasteiger partial charge in [0, 0.05) is 6.20 Å². The van der Waals surface area contributed by atoms with Crippen molar-refractivity contribution in [2.75, 3.05) is 0 Å². The number of nitrogens with zero attached hydrogens (tertiary/aromatic N) is 3. The highest BCUT2D eigenvalue weighted by molar-refractivity contribution is 7.91. The van der Waals surface area contributed by atoms with E-state index in [9.17, 15) is 12.8 Å². The Morgan fingerprint density at radius 1 is 1.29 bits per heavy atom. The van der Waals surface area contributed by atoms with Crippen LogP contribution in [0.3, 0.4) is 0 Å². The Morgan fingerprint density at radius 3 is 2.47 bits per heavy atom. The summed E-state index contributed by atoms with van der Waals surface area (Å²) in [7, 11) is -1.35. The minimum atomic E-state index is -3.71. The summed E-state index contributed by atoms with van der Waals surface area (Å²) in [5.41, 5.74) is 0. The molecule has 86 valence electrons. The molecule has 1 heterocycles. The zero-order chi connectivity index (χ0) is 12.5. The summed E-state index contributed by atoms with van der Waals surface area (Å²) >= 11 is 0. The highest BCUT2D eigenvalue weighted by Gasteiger charge is 2.21. The maximum atomic E-state index is 12.7. The van der Waals surface area contributed by atoms with E-state index in [1.54, 1.807) is 0 Å². The molecule has 1 aromatic heterocycles. The van der Waals surface area contributed by atoms with Crippen molar-refractivity contribution in [3.8, 4) is 0 Å². The average Bonchev–Trinajstić information content (AvgIpc) is 2.78. The second kappa shape index (κ2) is 4.33. The molecule has 0 unspecified atom stereocenters. The lowest BCUT2D eigenvalue weighted by Gasteiger charge is -1.99. The van der Waals surface area contributed by atoms with Gasteiger partial charge in [0.15, 0.2) is 0 Å². The van der Waals surface area contributed by atoms with E-state index in [0.29, 0.717) is 7.31 Å². The Labute approximate surface area is 99.2 Å². The number of sulfone groups is 1. The standard InChI is InChI=1S/C8H8B2FN3O2S/c9-10-14-5-8(12-13-14)17(15,16)7-3-1-6(11)2-4-7/h1-5,10H,9H2. The summed E-state index contributed by atoms with van der Waals surface area (Å²) < 4.78 is 38.2. The molecule has 0 aliphatic rings. The third-order valence-corrected chi connectivity index (χ3v) is 3.87. The highest BCUT2D eigenvalue weighted by atomic mass is 32.2. The Kier molecular flexibility index (Phi) is 3.01. The smallest absolute Gasteiger partial charge is 0.227 e. The molecule has 0 bridgehead atoms. The summed E-state index contributed by atoms with van der Waals surface area (Å²) in [5, 5.41) is 7.11. The van der Waals surface area contributed by atoms with Gasteiger partial charge in [0.1, 0.15) is 5.82 Å². The molecule has 0 aliphatic carbocycles. The van der Waals surface area contributed by atoms with Gasteiger partial charge in [0.05, 0.1) is 12.6 Å². The number of benzene rings is 1. The molecule has 2 rings (SSSR count). The van der Waals surface area contributed by atoms with Crippen LogP contribution >= 0.6 is 0 Å². The first-order valence-electron chi connectivity index (χ1n) is 4.95. The minimum Gasteiger partial charge on any atom is -0.310 e. The van der Waals surface area contributed by atoms with Crippen LogP contribution in [0.5, 0.6) is 0 Å². The van der Waals surface area contributed by atoms with E-state index >= 15 is 0 Å². The van der Waals surface area contributed by atoms with Gasteiger partial charge in [-0.25, -0.2) is 12.8 Å². The van der Waals surface area contributed by atoms with Gasteiger partial charge in [-0.3, -0.25) is 0 Å². The number of rotatable bonds is 3. The Morgan fingerprint density at radius 2 is 1.94 bits per heavy atom. The molecule has 17 heavy (non-hydrogen) atoms. The zero-order valence-corrected chi connectivity index (χ0v) is 9.85. The van der Waals surface area contributed by atoms with Crippen molar-refractivity contribution in [1.82, 2.24) is 14.9 Å². The molecule has 0 atom stereocenters. The molecule has 5 nitrogen and oxygen atoms in total. The van der Waals surface area contributed by atoms with Gasteiger partial charge in [-0.05, 0) is 24.3 Å². The number of hydrogen-bond acceptors (Lipinski definition) is 4. The van der Waals surface area contributed by atoms with E-state index in [1.165, 1.54) is 22.9 Å². The van der Waals surface area contributed by atoms with Gasteiger partial charge in [0.25, 0.3) is 0 Å². The maximum Gasteiger partial charge on any atom is 0.227 e. The van der Waals surface area contributed by atoms with E-state index in [4.69, 9.17) is 0 Å². The van der Waals surface area contributed by atoms with Crippen LogP contribution < -0.4 is 0 Å². The molecular weight excluding hydrogens is 243 g/mol. The van der Waals surface area contributed by atoms with Crippen molar-refractivity contribution >= 4 is 24.9 Å². The monoisotopic (exact) mass is 251 g/mol. The van der Waals surface area contributed by atoms with E-state index in [0.717, 1.165) is 12.1 Å². The van der Waals surface area contributed by atoms with Crippen LogP contribution in [0, 0.1) is 5.82 Å². The van der Waals surface area contributed by atoms with Crippen LogP contribution in [0.25, 0.3) is 0 Å². The summed E-state index contributed by atoms with van der Waals surface area (Å²) in [5.74, 6) is -0.485. The summed E-state index contributed by atoms with van der Waals surface area (Å²) in [6.45, 7) is 0. The van der Waals surface area contributed by atoms with E-state index in [1.807, 2.05) is 7.74 Å². The molecule has 0 saturated heterocycles. The van der Waals surface area contributed by atoms with Gasteiger partial charge >= 0.3 is 0 Å². The summed E-state index contributed by atoms with van der Waals surface area (Å²) in [4.78, 5) is 0.00190. The second-order valence-electron chi connectivity index (χ2n) is 3.37. The largest absolute Gasteiger partial charge is 0.310 e. The van der Waals surface area contributed by atoms with E-state index in [-0.39, 0.29) is 9.92 Å². The van der Waals surface area contributed by atoms with Crippen LogP contribution in [-0.2, 0) is 9.84 Å². The summed E-state index contributed by atoms with van der Waals surface area (Å²) in [6, 6.07) is 4.60. The molecule has 1 aromatic carbocycles. The van der Waals surface area contributed by atoms with Crippen molar-refractivity contribution in [2.45, 2.75) is 9.92 Å². The quantitative estimate of drug-likeness (QED) is 0.518. The van der Waals surface area contributed by atoms with Crippen LogP contribution in [0.4, 0.5) is 4.39 Å². The predicted molar refractivity (Wildman–Crippen MR) is 63.0 cm³/mol. The Bertz CT molecular complexity index is 626. The maximum absolute atomic E-state index is 12.7. The van der Waals surface area contributed by atoms with E-state index in [2.05, 4.69) is 10.3 Å². The normalized spacial score (nSPS) is 11.4. The molecule has 0 fully saturated rings. The van der Waals surface area contributed by atoms with Gasteiger partial charge in [-0.2, -0.15) is 0 Å². The van der Waals surface area contributed by atoms with Crippen LogP contribution in [0.15, 0.2) is 40.4 Å². The van der Waals surface area contributed by atoms with E-state index < -0.39 is 15.7 Å². The topological polar surface area (TPSA) is 64.8 Å². The number of hydrogen-bond donors (Lipinski definition) is 0. The van der Waals surface area contributed by atoms with Crippen molar-refractivity contribution < 1.29 is 12.8 Å². The number of aromatic nitrogens is 3. The molecule has 0 saturated carbocycles. The van der Waals surface area contributed by atoms with Gasteiger partial charge in [-0.1, -0.05) is 5.21 Å². The molecule has 0 amide bonds. The lowest BCUT2D eigenvalue weighted by atomic mass is 9.67. The SMILES string of the molecule is BBn1cc(S(=O)(=O)c2ccc(F)cc2)nn1. The summed E-state index contributed by atoms with van der Waals surface area (Å²) in [6.07, 6.45) is 1.35. The van der Waals surface area contributed by atoms with Gasteiger partial charge in [-0.15, -0.1) is 5.10 Å². The lowest BCUT2D eigenvalue weighted by molar-refractivity contribution is 0.590. The average molecular weight is 251 g/mol. The van der Waals surface area contributed by atoms with Gasteiger partial charge in [0.2, 0.25) is 22.2 Å². The predicted octanol–water partition coefficient (Wildman–Crippen LogP) is -1.00. The Hall–Kier alpha value is -1.63. The van der Waals surface area contributed by atoms with Crippen molar-refractivity contribution in [1.29, 1.82) is 0 Å². The Balaban J connectivity index is 2.46. The van der Waals surface area contributed by atoms with Crippen molar-refractivity contribution in [3.05, 3.63) is 36.3 Å². The van der Waals surface area contributed by atoms with Crippen LogP contribution in [-0.4, -0.2) is 38.4 Å². The fourth-order valence-electron chi connectivity index (χ4n) is 1.29. The highest BCUT2D eigenvalue weighted by Crippen LogP contribution is 2.18. The van der Waals surface area contributed by atoms with Crippen molar-refractivity contribution in [3.63, 3.8) is 0 Å². The molecule has 0 N–H and O–H groups in total. The second-order valence-corrected chi connectivity index (χ2v) is 5.27. The molecular formula is C8H8B2FN3O2S. The fourth-order valence-corrected chi connectivity index (χ4v) is 2.43. The first-order valence-corrected chi connectivity index (χ1v) is 6.43.